The first-order valence-corrected chi connectivity index (χ1v) is 6.08. The van der Waals surface area contributed by atoms with E-state index in [9.17, 15) is 9.59 Å². The fraction of sp³-hybridized carbons (Fsp3) is 0.667. The second kappa shape index (κ2) is 7.13. The molecular formula is C12H20N2O4. The predicted molar refractivity (Wildman–Crippen MR) is 67.7 cm³/mol. The number of nitrogens with zero attached hydrogens (tertiary/aromatic N) is 1. The minimum Gasteiger partial charge on any atom is -0.380 e. The van der Waals surface area contributed by atoms with Gasteiger partial charge in [-0.25, -0.2) is 4.79 Å². The van der Waals surface area contributed by atoms with E-state index >= 15 is 0 Å². The lowest BCUT2D eigenvalue weighted by Crippen LogP contribution is -2.35. The first-order chi connectivity index (χ1) is 8.62. The maximum atomic E-state index is 11.7. The molecule has 0 amide bonds. The van der Waals surface area contributed by atoms with Gasteiger partial charge in [0.25, 0.3) is 5.56 Å². The van der Waals surface area contributed by atoms with Gasteiger partial charge >= 0.3 is 5.69 Å². The van der Waals surface area contributed by atoms with E-state index in [0.29, 0.717) is 0 Å². The molecule has 102 valence electrons. The van der Waals surface area contributed by atoms with Crippen LogP contribution in [0.15, 0.2) is 21.9 Å². The van der Waals surface area contributed by atoms with Gasteiger partial charge in [-0.05, 0) is 12.8 Å². The fourth-order valence-electron chi connectivity index (χ4n) is 1.69. The normalized spacial score (nSPS) is 12.9. The largest absolute Gasteiger partial charge is 0.380 e. The van der Waals surface area contributed by atoms with Crippen molar-refractivity contribution in [1.29, 1.82) is 0 Å². The molecule has 0 unspecified atom stereocenters. The number of H-pyrrole nitrogens is 1. The van der Waals surface area contributed by atoms with Crippen LogP contribution in [-0.2, 0) is 9.47 Å². The zero-order valence-corrected chi connectivity index (χ0v) is 11.0. The number of methoxy groups -OCH3 is 1. The molecular weight excluding hydrogens is 236 g/mol. The van der Waals surface area contributed by atoms with Gasteiger partial charge in [-0.3, -0.25) is 14.3 Å². The van der Waals surface area contributed by atoms with Crippen LogP contribution in [0, 0.1) is 0 Å². The van der Waals surface area contributed by atoms with Crippen molar-refractivity contribution in [2.24, 2.45) is 0 Å². The molecule has 1 heterocycles. The SMILES string of the molecule is CCC(CC)O[C@H](COC)n1ccc(=O)[nH]c1=O. The van der Waals surface area contributed by atoms with Gasteiger partial charge in [0, 0.05) is 19.4 Å². The van der Waals surface area contributed by atoms with E-state index in [4.69, 9.17) is 9.47 Å². The maximum Gasteiger partial charge on any atom is 0.330 e. The number of hydrogen-bond acceptors (Lipinski definition) is 4. The molecule has 0 aliphatic rings. The van der Waals surface area contributed by atoms with Crippen LogP contribution in [0.25, 0.3) is 0 Å². The second-order valence-corrected chi connectivity index (χ2v) is 4.00. The zero-order valence-electron chi connectivity index (χ0n) is 11.0. The summed E-state index contributed by atoms with van der Waals surface area (Å²) < 4.78 is 12.2. The summed E-state index contributed by atoms with van der Waals surface area (Å²) in [5.41, 5.74) is -0.912. The summed E-state index contributed by atoms with van der Waals surface area (Å²) in [6.07, 6.45) is 2.67. The Balaban J connectivity index is 2.96. The smallest absolute Gasteiger partial charge is 0.330 e. The molecule has 6 heteroatoms. The van der Waals surface area contributed by atoms with E-state index in [0.717, 1.165) is 12.8 Å². The van der Waals surface area contributed by atoms with Gasteiger partial charge in [0.15, 0.2) is 6.23 Å². The van der Waals surface area contributed by atoms with Gasteiger partial charge in [0.05, 0.1) is 12.7 Å². The lowest BCUT2D eigenvalue weighted by molar-refractivity contribution is -0.0921. The summed E-state index contributed by atoms with van der Waals surface area (Å²) in [5, 5.41) is 0. The highest BCUT2D eigenvalue weighted by Gasteiger charge is 2.17. The Labute approximate surface area is 106 Å². The van der Waals surface area contributed by atoms with E-state index in [1.165, 1.54) is 16.8 Å². The van der Waals surface area contributed by atoms with Crippen LogP contribution in [0.5, 0.6) is 0 Å². The standard InChI is InChI=1S/C12H20N2O4/c1-4-9(5-2)18-11(8-17-3)14-7-6-10(15)13-12(14)16/h6-7,9,11H,4-5,8H2,1-3H3,(H,13,15,16)/t11-/m1/s1. The molecule has 1 aromatic heterocycles. The summed E-state index contributed by atoms with van der Waals surface area (Å²) in [7, 11) is 1.54. The third kappa shape index (κ3) is 3.82. The number of ether oxygens (including phenoxy) is 2. The van der Waals surface area contributed by atoms with Gasteiger partial charge in [-0.1, -0.05) is 13.8 Å². The van der Waals surface area contributed by atoms with Crippen molar-refractivity contribution in [2.45, 2.75) is 39.0 Å². The minimum absolute atomic E-state index is 0.0592. The second-order valence-electron chi connectivity index (χ2n) is 4.00. The van der Waals surface area contributed by atoms with E-state index in [2.05, 4.69) is 4.98 Å². The molecule has 0 spiro atoms. The first kappa shape index (κ1) is 14.7. The van der Waals surface area contributed by atoms with Crippen LogP contribution in [0.2, 0.25) is 0 Å². The Morgan fingerprint density at radius 1 is 1.33 bits per heavy atom. The summed E-state index contributed by atoms with van der Waals surface area (Å²) >= 11 is 0. The van der Waals surface area contributed by atoms with E-state index in [1.807, 2.05) is 13.8 Å². The molecule has 0 saturated carbocycles. The Bertz CT molecular complexity index is 462. The van der Waals surface area contributed by atoms with Crippen LogP contribution in [0.4, 0.5) is 0 Å². The number of aromatic nitrogens is 2. The Morgan fingerprint density at radius 3 is 2.50 bits per heavy atom. The lowest BCUT2D eigenvalue weighted by atomic mass is 10.2. The summed E-state index contributed by atoms with van der Waals surface area (Å²) in [5.74, 6) is 0. The molecule has 1 atom stereocenters. The van der Waals surface area contributed by atoms with Crippen molar-refractivity contribution in [3.63, 3.8) is 0 Å². The van der Waals surface area contributed by atoms with Crippen molar-refractivity contribution in [2.75, 3.05) is 13.7 Å². The van der Waals surface area contributed by atoms with Crippen molar-refractivity contribution >= 4 is 0 Å². The van der Waals surface area contributed by atoms with Gasteiger partial charge in [-0.15, -0.1) is 0 Å². The molecule has 0 aliphatic carbocycles. The third-order valence-corrected chi connectivity index (χ3v) is 2.73. The van der Waals surface area contributed by atoms with Crippen LogP contribution in [0.1, 0.15) is 32.9 Å². The van der Waals surface area contributed by atoms with E-state index in [1.54, 1.807) is 7.11 Å². The van der Waals surface area contributed by atoms with Crippen molar-refractivity contribution in [1.82, 2.24) is 9.55 Å². The van der Waals surface area contributed by atoms with Crippen molar-refractivity contribution in [3.05, 3.63) is 33.1 Å². The quantitative estimate of drug-likeness (QED) is 0.786. The minimum atomic E-state index is -0.524. The number of hydrogen-bond donors (Lipinski definition) is 1. The average molecular weight is 256 g/mol. The van der Waals surface area contributed by atoms with Gasteiger partial charge in [0.2, 0.25) is 0 Å². The fourth-order valence-corrected chi connectivity index (χ4v) is 1.69. The number of rotatable bonds is 7. The van der Waals surface area contributed by atoms with Crippen molar-refractivity contribution in [3.8, 4) is 0 Å². The molecule has 0 aromatic carbocycles. The molecule has 1 aromatic rings. The predicted octanol–water partition coefficient (Wildman–Crippen LogP) is 0.887. The molecule has 6 nitrogen and oxygen atoms in total. The monoisotopic (exact) mass is 256 g/mol. The maximum absolute atomic E-state index is 11.7. The molecule has 0 saturated heterocycles. The van der Waals surface area contributed by atoms with Crippen LogP contribution in [0.3, 0.4) is 0 Å². The highest BCUT2D eigenvalue weighted by molar-refractivity contribution is 4.84. The molecule has 0 aliphatic heterocycles. The topological polar surface area (TPSA) is 73.3 Å². The van der Waals surface area contributed by atoms with Crippen LogP contribution in [-0.4, -0.2) is 29.4 Å². The molecule has 0 bridgehead atoms. The molecule has 1 rings (SSSR count). The number of nitrogens with one attached hydrogen (secondary N) is 1. The molecule has 18 heavy (non-hydrogen) atoms. The van der Waals surface area contributed by atoms with Crippen LogP contribution >= 0.6 is 0 Å². The Morgan fingerprint density at radius 2 is 2.00 bits per heavy atom. The highest BCUT2D eigenvalue weighted by Crippen LogP contribution is 2.13. The van der Waals surface area contributed by atoms with Gasteiger partial charge in [-0.2, -0.15) is 0 Å². The first-order valence-electron chi connectivity index (χ1n) is 6.08. The lowest BCUT2D eigenvalue weighted by Gasteiger charge is -2.24. The van der Waals surface area contributed by atoms with Gasteiger partial charge in [0.1, 0.15) is 0 Å². The van der Waals surface area contributed by atoms with Crippen molar-refractivity contribution < 1.29 is 9.47 Å². The molecule has 0 fully saturated rings. The highest BCUT2D eigenvalue weighted by atomic mass is 16.5. The third-order valence-electron chi connectivity index (χ3n) is 2.73. The van der Waals surface area contributed by atoms with E-state index in [-0.39, 0.29) is 12.7 Å². The average Bonchev–Trinajstić information content (AvgIpc) is 2.35. The van der Waals surface area contributed by atoms with Crippen LogP contribution < -0.4 is 11.2 Å². The molecule has 0 radical (unpaired) electrons. The van der Waals surface area contributed by atoms with Gasteiger partial charge < -0.3 is 9.47 Å². The summed E-state index contributed by atoms with van der Waals surface area (Å²) in [4.78, 5) is 24.9. The summed E-state index contributed by atoms with van der Waals surface area (Å²) in [6, 6.07) is 1.29. The molecule has 1 N–H and O–H groups in total. The number of aromatic amines is 1. The Hall–Kier alpha value is -1.40. The zero-order chi connectivity index (χ0) is 13.5. The summed E-state index contributed by atoms with van der Waals surface area (Å²) in [6.45, 7) is 4.30. The van der Waals surface area contributed by atoms with E-state index < -0.39 is 17.5 Å². The Kier molecular flexibility index (Phi) is 5.80.